The lowest BCUT2D eigenvalue weighted by Crippen LogP contribution is -2.59. The molecule has 3 aromatic heterocycles. The molecule has 0 bridgehead atoms. The van der Waals surface area contributed by atoms with Gasteiger partial charge in [0.1, 0.15) is 40.6 Å². The van der Waals surface area contributed by atoms with Gasteiger partial charge in [0, 0.05) is 82.0 Å². The molecule has 4 saturated heterocycles. The first-order valence-electron chi connectivity index (χ1n) is 25.9. The van der Waals surface area contributed by atoms with Crippen molar-refractivity contribution in [3.05, 3.63) is 64.6 Å². The largest absolute Gasteiger partial charge is 0.490 e. The van der Waals surface area contributed by atoms with E-state index >= 15 is 0 Å². The van der Waals surface area contributed by atoms with Crippen LogP contribution in [-0.4, -0.2) is 141 Å². The molecule has 0 spiro atoms. The third-order valence-corrected chi connectivity index (χ3v) is 18.0. The Labute approximate surface area is 441 Å². The highest BCUT2D eigenvalue weighted by Crippen LogP contribution is 2.42. The van der Waals surface area contributed by atoms with Crippen molar-refractivity contribution in [2.24, 2.45) is 22.5 Å². The Bertz CT molecular complexity index is 2590. The summed E-state index contributed by atoms with van der Waals surface area (Å²) in [6.45, 7) is 16.8. The Morgan fingerprint density at radius 1 is 0.986 bits per heavy atom. The van der Waals surface area contributed by atoms with Gasteiger partial charge in [-0.3, -0.25) is 14.4 Å². The van der Waals surface area contributed by atoms with Gasteiger partial charge < -0.3 is 45.8 Å². The molecule has 9 rings (SSSR count). The lowest BCUT2D eigenvalue weighted by Gasteiger charge is -2.39. The van der Waals surface area contributed by atoms with Crippen molar-refractivity contribution >= 4 is 64.1 Å². The van der Waals surface area contributed by atoms with Crippen molar-refractivity contribution in [1.82, 2.24) is 40.4 Å². The molecule has 1 aromatic carbocycles. The van der Waals surface area contributed by atoms with Gasteiger partial charge in [-0.2, -0.15) is 0 Å². The molecule has 3 amide bonds. The molecule has 1 aliphatic carbocycles. The number of thiazole rings is 1. The first kappa shape index (κ1) is 53.2. The van der Waals surface area contributed by atoms with Crippen LogP contribution in [0.15, 0.2) is 58.3 Å². The van der Waals surface area contributed by atoms with Crippen LogP contribution in [0, 0.1) is 23.7 Å². The molecular formula is C53H71ClFN11O5S2. The summed E-state index contributed by atoms with van der Waals surface area (Å²) in [5.41, 5.74) is 7.99. The zero-order valence-electron chi connectivity index (χ0n) is 42.7. The highest BCUT2D eigenvalue weighted by molar-refractivity contribution is 7.99. The molecule has 5 N–H and O–H groups in total. The van der Waals surface area contributed by atoms with Gasteiger partial charge in [0.15, 0.2) is 5.67 Å². The SMILES string of the molecule is Cc1ncsc1-c1ccc(CNC(=O)[C@@H]2C[C@@H](O)CN2C(=O)[C@@H](NC(=O)C2(F)CC2)C(C)(C)C)c(OC2CCN(CC3CCN(c4nccc(Sc5cnc(N6CCC(C)(CN)CC6)cn5)c4Cl)CC3)CC2)c1. The minimum atomic E-state index is -1.97. The highest BCUT2D eigenvalue weighted by Gasteiger charge is 2.53. The van der Waals surface area contributed by atoms with E-state index in [9.17, 15) is 23.9 Å². The molecule has 20 heteroatoms. The zero-order valence-corrected chi connectivity index (χ0v) is 45.1. The number of benzene rings is 1. The number of likely N-dealkylation sites (tertiary alicyclic amines) is 2. The van der Waals surface area contributed by atoms with Crippen LogP contribution in [0.1, 0.15) is 96.7 Å². The van der Waals surface area contributed by atoms with E-state index in [0.717, 1.165) is 128 Å². The van der Waals surface area contributed by atoms with E-state index in [4.69, 9.17) is 37.0 Å². The number of pyridine rings is 1. The lowest BCUT2D eigenvalue weighted by atomic mass is 9.80. The summed E-state index contributed by atoms with van der Waals surface area (Å²) in [5, 5.41) is 17.8. The molecule has 16 nitrogen and oxygen atoms in total. The number of aliphatic hydroxyl groups is 1. The molecule has 0 radical (unpaired) electrons. The number of carbonyl (C=O) groups is 3. The average molecular weight is 1060 g/mol. The number of hydrogen-bond donors (Lipinski definition) is 4. The van der Waals surface area contributed by atoms with Crippen LogP contribution < -0.4 is 30.9 Å². The smallest absolute Gasteiger partial charge is 0.258 e. The summed E-state index contributed by atoms with van der Waals surface area (Å²) < 4.78 is 21.5. The number of halogens is 2. The number of piperidine rings is 3. The summed E-state index contributed by atoms with van der Waals surface area (Å²) in [6.07, 6.45) is 10.7. The van der Waals surface area contributed by atoms with Crippen LogP contribution in [-0.2, 0) is 20.9 Å². The van der Waals surface area contributed by atoms with Gasteiger partial charge in [-0.1, -0.05) is 63.2 Å². The summed E-state index contributed by atoms with van der Waals surface area (Å²) in [6, 6.07) is 5.89. The molecule has 0 unspecified atom stereocenters. The third kappa shape index (κ3) is 12.6. The highest BCUT2D eigenvalue weighted by atomic mass is 35.5. The number of anilines is 2. The standard InChI is InChI=1S/C53H71ClFN11O5S2/c1-33-45(72-32-61-33)35-6-7-36(26-60-48(68)39-25-37(67)30-66(39)49(69)46(51(2,3)4)62-50(70)53(55)13-14-53)40(24-35)71-38-11-18-63(19-12-38)29-34-9-20-65(21-10-34)47-44(54)41(8-17-57-47)73-43-28-58-42(27-59-43)64-22-15-52(5,31-56)16-23-64/h6-8,17,24,27-28,32,34,37-39,46,67H,9-16,18-23,25-26,29-31,56H2,1-5H3,(H,60,68)(H,62,70)/t37-,39+,46-/m1/s1. The Kier molecular flexibility index (Phi) is 16.2. The van der Waals surface area contributed by atoms with Crippen molar-refractivity contribution in [2.75, 3.05) is 68.7 Å². The van der Waals surface area contributed by atoms with Gasteiger partial charge in [-0.15, -0.1) is 11.3 Å². The minimum absolute atomic E-state index is 0.0302. The maximum atomic E-state index is 14.7. The predicted octanol–water partition coefficient (Wildman–Crippen LogP) is 7.04. The molecule has 4 aromatic rings. The van der Waals surface area contributed by atoms with Crippen LogP contribution in [0.25, 0.3) is 10.4 Å². The van der Waals surface area contributed by atoms with Crippen molar-refractivity contribution in [3.8, 4) is 16.2 Å². The number of ether oxygens (including phenoxy) is 1. The van der Waals surface area contributed by atoms with Crippen molar-refractivity contribution in [3.63, 3.8) is 0 Å². The molecule has 394 valence electrons. The summed E-state index contributed by atoms with van der Waals surface area (Å²) in [5.74, 6) is 1.16. The number of hydrogen-bond acceptors (Lipinski definition) is 15. The monoisotopic (exact) mass is 1060 g/mol. The van der Waals surface area contributed by atoms with Crippen molar-refractivity contribution < 1.29 is 28.6 Å². The first-order chi connectivity index (χ1) is 34.9. The Balaban J connectivity index is 0.772. The van der Waals surface area contributed by atoms with E-state index in [-0.39, 0.29) is 43.9 Å². The maximum Gasteiger partial charge on any atom is 0.258 e. The fourth-order valence-corrected chi connectivity index (χ4v) is 12.4. The fraction of sp³-hybridized carbons (Fsp3) is 0.604. The first-order valence-corrected chi connectivity index (χ1v) is 28.0. The third-order valence-electron chi connectivity index (χ3n) is 15.6. The Morgan fingerprint density at radius 2 is 1.73 bits per heavy atom. The maximum absolute atomic E-state index is 14.7. The van der Waals surface area contributed by atoms with Gasteiger partial charge in [-0.25, -0.2) is 24.3 Å². The van der Waals surface area contributed by atoms with Crippen molar-refractivity contribution in [2.45, 2.75) is 139 Å². The van der Waals surface area contributed by atoms with Gasteiger partial charge in [0.25, 0.3) is 5.91 Å². The van der Waals surface area contributed by atoms with Gasteiger partial charge in [0.2, 0.25) is 11.8 Å². The number of aliphatic hydroxyl groups excluding tert-OH is 1. The van der Waals surface area contributed by atoms with Gasteiger partial charge in [-0.05, 0) is 99.3 Å². The summed E-state index contributed by atoms with van der Waals surface area (Å²) >= 11 is 10.1. The second kappa shape index (κ2) is 22.3. The number of nitrogens with zero attached hydrogens (tertiary/aromatic N) is 8. The molecular weight excluding hydrogens is 989 g/mol. The molecule has 7 heterocycles. The van der Waals surface area contributed by atoms with E-state index in [1.807, 2.05) is 55.3 Å². The lowest BCUT2D eigenvalue weighted by molar-refractivity contribution is -0.145. The predicted molar refractivity (Wildman–Crippen MR) is 284 cm³/mol. The minimum Gasteiger partial charge on any atom is -0.490 e. The topological polar surface area (TPSA) is 195 Å². The van der Waals surface area contributed by atoms with E-state index < -0.39 is 47.0 Å². The molecule has 73 heavy (non-hydrogen) atoms. The number of aromatic nitrogens is 4. The average Bonchev–Trinajstić information content (AvgIpc) is 3.79. The second-order valence-electron chi connectivity index (χ2n) is 22.3. The van der Waals surface area contributed by atoms with E-state index in [1.54, 1.807) is 32.1 Å². The number of β-amino-alcohol motifs (C(OH)–C–C–N with tert-alkyl or cyclic N) is 1. The molecule has 5 fully saturated rings. The van der Waals surface area contributed by atoms with Crippen LogP contribution in [0.3, 0.4) is 0 Å². The van der Waals surface area contributed by atoms with Crippen LogP contribution in [0.2, 0.25) is 5.02 Å². The fourth-order valence-electron chi connectivity index (χ4n) is 10.5. The molecule has 5 aliphatic rings. The normalized spacial score (nSPS) is 22.0. The number of amides is 3. The van der Waals surface area contributed by atoms with Gasteiger partial charge in [0.05, 0.1) is 39.6 Å². The van der Waals surface area contributed by atoms with Gasteiger partial charge >= 0.3 is 0 Å². The van der Waals surface area contributed by atoms with Crippen LogP contribution >= 0.6 is 34.7 Å². The number of nitrogens with one attached hydrogen (secondary N) is 2. The molecule has 1 saturated carbocycles. The molecule has 4 aliphatic heterocycles. The van der Waals surface area contributed by atoms with Crippen LogP contribution in [0.4, 0.5) is 16.0 Å². The number of alkyl halides is 1. The summed E-state index contributed by atoms with van der Waals surface area (Å²) in [7, 11) is 0. The van der Waals surface area contributed by atoms with E-state index in [0.29, 0.717) is 23.2 Å². The number of carbonyl (C=O) groups excluding carboxylic acids is 3. The quantitative estimate of drug-likeness (QED) is 0.0892. The number of rotatable bonds is 16. The van der Waals surface area contributed by atoms with E-state index in [1.165, 1.54) is 16.7 Å². The van der Waals surface area contributed by atoms with Crippen LogP contribution in [0.5, 0.6) is 5.75 Å². The Hall–Kier alpha value is -4.66. The zero-order chi connectivity index (χ0) is 51.7. The Morgan fingerprint density at radius 3 is 2.37 bits per heavy atom. The van der Waals surface area contributed by atoms with Crippen molar-refractivity contribution in [1.29, 1.82) is 0 Å². The molecule has 3 atom stereocenters. The van der Waals surface area contributed by atoms with E-state index in [2.05, 4.69) is 37.2 Å². The number of aryl methyl sites for hydroxylation is 1. The summed E-state index contributed by atoms with van der Waals surface area (Å²) in [4.78, 5) is 69.9. The second-order valence-corrected chi connectivity index (χ2v) is 24.5. The number of nitrogens with two attached hydrogens (primary N) is 1.